The van der Waals surface area contributed by atoms with Gasteiger partial charge in [-0.25, -0.2) is 4.79 Å². The van der Waals surface area contributed by atoms with Crippen LogP contribution in [0, 0.1) is 10.1 Å². The maximum absolute atomic E-state index is 11.7. The summed E-state index contributed by atoms with van der Waals surface area (Å²) in [6.07, 6.45) is -0.619. The molecule has 0 aliphatic carbocycles. The van der Waals surface area contributed by atoms with E-state index in [-0.39, 0.29) is 41.8 Å². The number of methoxy groups -OCH3 is 3. The first kappa shape index (κ1) is 14.7. The minimum absolute atomic E-state index is 0.0231. The number of carbonyl (C=O) groups is 1. The molecule has 2 rings (SSSR count). The SMILES string of the molecule is COc1cc(OC)c([N+](=O)[O-])c(OC)c1N1CCOC1=O. The highest BCUT2D eigenvalue weighted by molar-refractivity contribution is 5.95. The van der Waals surface area contributed by atoms with Crippen LogP contribution in [-0.2, 0) is 4.74 Å². The van der Waals surface area contributed by atoms with Crippen LogP contribution >= 0.6 is 0 Å². The Balaban J connectivity index is 2.74. The summed E-state index contributed by atoms with van der Waals surface area (Å²) in [6.45, 7) is 0.431. The lowest BCUT2D eigenvalue weighted by Crippen LogP contribution is -2.25. The molecular formula is C12H14N2O7. The molecule has 0 aromatic heterocycles. The second-order valence-corrected chi connectivity index (χ2v) is 4.03. The van der Waals surface area contributed by atoms with E-state index in [0.717, 1.165) is 0 Å². The van der Waals surface area contributed by atoms with E-state index in [0.29, 0.717) is 0 Å². The molecule has 1 fully saturated rings. The number of nitro benzene ring substituents is 1. The number of nitrogens with zero attached hydrogens (tertiary/aromatic N) is 2. The van der Waals surface area contributed by atoms with Crippen LogP contribution < -0.4 is 19.1 Å². The smallest absolute Gasteiger partial charge is 0.414 e. The molecule has 21 heavy (non-hydrogen) atoms. The van der Waals surface area contributed by atoms with Gasteiger partial charge in [0.25, 0.3) is 0 Å². The highest BCUT2D eigenvalue weighted by Crippen LogP contribution is 2.50. The number of nitro groups is 1. The van der Waals surface area contributed by atoms with Gasteiger partial charge >= 0.3 is 11.8 Å². The maximum Gasteiger partial charge on any atom is 0.414 e. The summed E-state index contributed by atoms with van der Waals surface area (Å²) in [7, 11) is 3.95. The van der Waals surface area contributed by atoms with Crippen molar-refractivity contribution in [1.29, 1.82) is 0 Å². The normalized spacial score (nSPS) is 13.9. The fourth-order valence-electron chi connectivity index (χ4n) is 2.12. The number of carbonyl (C=O) groups excluding carboxylic acids is 1. The topological polar surface area (TPSA) is 100 Å². The van der Waals surface area contributed by atoms with Crippen molar-refractivity contribution >= 4 is 17.5 Å². The molecule has 0 radical (unpaired) electrons. The molecule has 1 aromatic carbocycles. The van der Waals surface area contributed by atoms with E-state index in [2.05, 4.69) is 0 Å². The highest BCUT2D eigenvalue weighted by Gasteiger charge is 2.36. The Morgan fingerprint density at radius 2 is 1.90 bits per heavy atom. The van der Waals surface area contributed by atoms with Gasteiger partial charge in [-0.15, -0.1) is 0 Å². The third-order valence-corrected chi connectivity index (χ3v) is 3.02. The molecule has 1 aliphatic heterocycles. The van der Waals surface area contributed by atoms with Gasteiger partial charge in [-0.05, 0) is 0 Å². The van der Waals surface area contributed by atoms with Crippen molar-refractivity contribution in [2.24, 2.45) is 0 Å². The van der Waals surface area contributed by atoms with E-state index < -0.39 is 11.0 Å². The molecule has 1 amide bonds. The number of ether oxygens (including phenoxy) is 4. The largest absolute Gasteiger partial charge is 0.494 e. The summed E-state index contributed by atoms with van der Waals surface area (Å²) in [5.41, 5.74) is -0.231. The van der Waals surface area contributed by atoms with Crippen molar-refractivity contribution in [3.8, 4) is 17.2 Å². The average molecular weight is 298 g/mol. The number of hydrogen-bond acceptors (Lipinski definition) is 7. The fourth-order valence-corrected chi connectivity index (χ4v) is 2.12. The van der Waals surface area contributed by atoms with Crippen LogP contribution in [-0.4, -0.2) is 45.5 Å². The van der Waals surface area contributed by atoms with Crippen molar-refractivity contribution in [2.45, 2.75) is 0 Å². The Labute approximate surface area is 120 Å². The van der Waals surface area contributed by atoms with Crippen LogP contribution in [0.2, 0.25) is 0 Å². The predicted molar refractivity (Wildman–Crippen MR) is 71.4 cm³/mol. The third kappa shape index (κ3) is 2.37. The molecular weight excluding hydrogens is 284 g/mol. The van der Waals surface area contributed by atoms with Crippen molar-refractivity contribution in [3.05, 3.63) is 16.2 Å². The van der Waals surface area contributed by atoms with E-state index in [1.54, 1.807) is 0 Å². The zero-order valence-corrected chi connectivity index (χ0v) is 11.7. The molecule has 1 saturated heterocycles. The Bertz CT molecular complexity index is 587. The van der Waals surface area contributed by atoms with E-state index >= 15 is 0 Å². The van der Waals surface area contributed by atoms with Crippen LogP contribution in [0.4, 0.5) is 16.2 Å². The molecule has 0 spiro atoms. The van der Waals surface area contributed by atoms with Gasteiger partial charge < -0.3 is 18.9 Å². The van der Waals surface area contributed by atoms with E-state index in [1.165, 1.54) is 32.3 Å². The number of anilines is 1. The number of hydrogen-bond donors (Lipinski definition) is 0. The molecule has 0 bridgehead atoms. The summed E-state index contributed by atoms with van der Waals surface area (Å²) in [4.78, 5) is 23.6. The lowest BCUT2D eigenvalue weighted by molar-refractivity contribution is -0.386. The van der Waals surface area contributed by atoms with Gasteiger partial charge in [0, 0.05) is 6.07 Å². The monoisotopic (exact) mass is 298 g/mol. The Kier molecular flexibility index (Phi) is 4.01. The van der Waals surface area contributed by atoms with Crippen molar-refractivity contribution in [3.63, 3.8) is 0 Å². The Hall–Kier alpha value is -2.71. The molecule has 1 heterocycles. The molecule has 0 unspecified atom stereocenters. The minimum Gasteiger partial charge on any atom is -0.494 e. The minimum atomic E-state index is -0.637. The molecule has 9 nitrogen and oxygen atoms in total. The molecule has 0 saturated carbocycles. The Morgan fingerprint density at radius 1 is 1.24 bits per heavy atom. The lowest BCUT2D eigenvalue weighted by Gasteiger charge is -2.20. The molecule has 0 N–H and O–H groups in total. The molecule has 1 aliphatic rings. The van der Waals surface area contributed by atoms with Crippen molar-refractivity contribution in [1.82, 2.24) is 0 Å². The summed E-state index contributed by atoms with van der Waals surface area (Å²) in [5, 5.41) is 11.3. The molecule has 0 atom stereocenters. The first-order valence-electron chi connectivity index (χ1n) is 5.96. The van der Waals surface area contributed by atoms with Gasteiger partial charge in [-0.3, -0.25) is 15.0 Å². The summed E-state index contributed by atoms with van der Waals surface area (Å²) in [5.74, 6) is 0.0771. The Morgan fingerprint density at radius 3 is 2.33 bits per heavy atom. The first-order valence-corrected chi connectivity index (χ1v) is 5.96. The van der Waals surface area contributed by atoms with Gasteiger partial charge in [0.2, 0.25) is 11.5 Å². The van der Waals surface area contributed by atoms with Crippen LogP contribution in [0.3, 0.4) is 0 Å². The third-order valence-electron chi connectivity index (χ3n) is 3.02. The second kappa shape index (κ2) is 5.73. The van der Waals surface area contributed by atoms with Crippen LogP contribution in [0.5, 0.6) is 17.2 Å². The summed E-state index contributed by atoms with van der Waals surface area (Å²) < 4.78 is 20.2. The van der Waals surface area contributed by atoms with Crippen molar-refractivity contribution < 1.29 is 28.7 Å². The van der Waals surface area contributed by atoms with E-state index in [9.17, 15) is 14.9 Å². The fraction of sp³-hybridized carbons (Fsp3) is 0.417. The highest BCUT2D eigenvalue weighted by atomic mass is 16.6. The van der Waals surface area contributed by atoms with Crippen LogP contribution in [0.15, 0.2) is 6.07 Å². The molecule has 9 heteroatoms. The quantitative estimate of drug-likeness (QED) is 0.600. The van der Waals surface area contributed by atoms with E-state index in [4.69, 9.17) is 18.9 Å². The zero-order valence-electron chi connectivity index (χ0n) is 11.7. The van der Waals surface area contributed by atoms with Gasteiger partial charge in [-0.1, -0.05) is 0 Å². The number of amides is 1. The standard InChI is InChI=1S/C12H14N2O7/c1-18-7-6-8(19-2)10(14(16)17)11(20-3)9(7)13-4-5-21-12(13)15/h6H,4-5H2,1-3H3. The molecule has 114 valence electrons. The van der Waals surface area contributed by atoms with Crippen LogP contribution in [0.25, 0.3) is 0 Å². The number of benzene rings is 1. The summed E-state index contributed by atoms with van der Waals surface area (Å²) >= 11 is 0. The number of cyclic esters (lactones) is 1. The van der Waals surface area contributed by atoms with Crippen molar-refractivity contribution in [2.75, 3.05) is 39.4 Å². The van der Waals surface area contributed by atoms with Gasteiger partial charge in [0.1, 0.15) is 12.3 Å². The van der Waals surface area contributed by atoms with Crippen LogP contribution in [0.1, 0.15) is 0 Å². The van der Waals surface area contributed by atoms with Gasteiger partial charge in [0.05, 0.1) is 32.8 Å². The predicted octanol–water partition coefficient (Wildman–Crippen LogP) is 1.58. The maximum atomic E-state index is 11.7. The second-order valence-electron chi connectivity index (χ2n) is 4.03. The number of rotatable bonds is 5. The first-order chi connectivity index (χ1) is 10.0. The van der Waals surface area contributed by atoms with Gasteiger partial charge in [-0.2, -0.15) is 0 Å². The average Bonchev–Trinajstić information content (AvgIpc) is 2.90. The lowest BCUT2D eigenvalue weighted by atomic mass is 10.2. The van der Waals surface area contributed by atoms with E-state index in [1.807, 2.05) is 0 Å². The van der Waals surface area contributed by atoms with Gasteiger partial charge in [0.15, 0.2) is 5.75 Å². The molecule has 1 aromatic rings. The zero-order chi connectivity index (χ0) is 15.6. The summed E-state index contributed by atoms with van der Waals surface area (Å²) in [6, 6.07) is 1.33.